The van der Waals surface area contributed by atoms with Gasteiger partial charge in [0, 0.05) is 39.3 Å². The number of piperazine rings is 1. The molecule has 0 aromatic carbocycles. The molecule has 0 radical (unpaired) electrons. The van der Waals surface area contributed by atoms with E-state index in [9.17, 15) is 9.59 Å². The van der Waals surface area contributed by atoms with E-state index in [1.54, 1.807) is 0 Å². The molecule has 21 heavy (non-hydrogen) atoms. The fourth-order valence-corrected chi connectivity index (χ4v) is 3.23. The van der Waals surface area contributed by atoms with E-state index in [1.165, 1.54) is 25.7 Å². The molecule has 0 aromatic rings. The van der Waals surface area contributed by atoms with Crippen LogP contribution in [0.2, 0.25) is 0 Å². The molecular weight excluding hydrogens is 270 g/mol. The van der Waals surface area contributed by atoms with Crippen LogP contribution in [0.3, 0.4) is 0 Å². The number of carboxylic acids is 1. The molecule has 2 amide bonds. The lowest BCUT2D eigenvalue weighted by atomic mass is 9.89. The third-order valence-electron chi connectivity index (χ3n) is 4.78. The molecule has 2 rings (SSSR count). The summed E-state index contributed by atoms with van der Waals surface area (Å²) in [4.78, 5) is 26.7. The summed E-state index contributed by atoms with van der Waals surface area (Å²) in [5.41, 5.74) is 0.277. The number of amides is 2. The van der Waals surface area contributed by atoms with Gasteiger partial charge in [-0.25, -0.2) is 4.79 Å². The molecule has 1 heterocycles. The van der Waals surface area contributed by atoms with E-state index in [-0.39, 0.29) is 17.9 Å². The largest absolute Gasteiger partial charge is 0.481 e. The van der Waals surface area contributed by atoms with Gasteiger partial charge in [-0.05, 0) is 18.3 Å². The minimum atomic E-state index is -0.764. The molecule has 1 saturated carbocycles. The number of carbonyl (C=O) groups is 2. The van der Waals surface area contributed by atoms with Crippen molar-refractivity contribution in [1.82, 2.24) is 15.1 Å². The number of urea groups is 1. The minimum Gasteiger partial charge on any atom is -0.481 e. The lowest BCUT2D eigenvalue weighted by molar-refractivity contribution is -0.137. The predicted octanol–water partition coefficient (Wildman–Crippen LogP) is 1.37. The quantitative estimate of drug-likeness (QED) is 0.804. The minimum absolute atomic E-state index is 0.0287. The molecule has 6 nitrogen and oxygen atoms in total. The molecule has 1 aliphatic heterocycles. The summed E-state index contributed by atoms with van der Waals surface area (Å²) in [5, 5.41) is 11.8. The third kappa shape index (κ3) is 4.88. The summed E-state index contributed by atoms with van der Waals surface area (Å²) in [5.74, 6) is -0.764. The number of carboxylic acid groups (broad SMARTS) is 1. The molecule has 1 saturated heterocycles. The summed E-state index contributed by atoms with van der Waals surface area (Å²) in [7, 11) is 0. The number of aliphatic carboxylic acids is 1. The molecule has 0 aromatic heterocycles. The van der Waals surface area contributed by atoms with E-state index < -0.39 is 5.97 Å². The lowest BCUT2D eigenvalue weighted by Gasteiger charge is -2.35. The number of nitrogens with zero attached hydrogens (tertiary/aromatic N) is 2. The van der Waals surface area contributed by atoms with Crippen LogP contribution in [0.5, 0.6) is 0 Å². The van der Waals surface area contributed by atoms with Crippen molar-refractivity contribution in [2.24, 2.45) is 5.41 Å². The second-order valence-corrected chi connectivity index (χ2v) is 6.65. The van der Waals surface area contributed by atoms with Crippen molar-refractivity contribution in [1.29, 1.82) is 0 Å². The van der Waals surface area contributed by atoms with Crippen molar-refractivity contribution in [2.75, 3.05) is 39.3 Å². The first-order valence-corrected chi connectivity index (χ1v) is 7.95. The van der Waals surface area contributed by atoms with Crippen LogP contribution in [0.15, 0.2) is 0 Å². The van der Waals surface area contributed by atoms with Crippen molar-refractivity contribution in [3.05, 3.63) is 0 Å². The summed E-state index contributed by atoms with van der Waals surface area (Å²) < 4.78 is 0. The van der Waals surface area contributed by atoms with Crippen LogP contribution in [0.25, 0.3) is 0 Å². The van der Waals surface area contributed by atoms with Crippen LogP contribution in [-0.4, -0.2) is 66.2 Å². The molecule has 0 unspecified atom stereocenters. The molecule has 120 valence electrons. The van der Waals surface area contributed by atoms with Gasteiger partial charge in [0.2, 0.25) is 0 Å². The van der Waals surface area contributed by atoms with E-state index in [0.717, 1.165) is 19.6 Å². The van der Waals surface area contributed by atoms with Crippen LogP contribution in [0, 0.1) is 5.41 Å². The zero-order valence-electron chi connectivity index (χ0n) is 12.9. The van der Waals surface area contributed by atoms with Crippen molar-refractivity contribution in [3.63, 3.8) is 0 Å². The first-order valence-electron chi connectivity index (χ1n) is 7.95. The van der Waals surface area contributed by atoms with Gasteiger partial charge in [0.15, 0.2) is 0 Å². The van der Waals surface area contributed by atoms with Crippen LogP contribution in [0.1, 0.15) is 39.0 Å². The smallest absolute Gasteiger partial charge is 0.317 e. The zero-order valence-corrected chi connectivity index (χ0v) is 12.9. The van der Waals surface area contributed by atoms with Crippen LogP contribution in [0.4, 0.5) is 4.79 Å². The number of carbonyl (C=O) groups excluding carboxylic acids is 1. The number of hydrogen-bond donors (Lipinski definition) is 2. The molecule has 0 bridgehead atoms. The van der Waals surface area contributed by atoms with Gasteiger partial charge in [-0.15, -0.1) is 0 Å². The molecule has 0 atom stereocenters. The van der Waals surface area contributed by atoms with Crippen molar-refractivity contribution in [3.8, 4) is 0 Å². The fourth-order valence-electron chi connectivity index (χ4n) is 3.23. The molecule has 2 aliphatic rings. The monoisotopic (exact) mass is 297 g/mol. The first kappa shape index (κ1) is 16.1. The van der Waals surface area contributed by atoms with Crippen LogP contribution in [-0.2, 0) is 4.79 Å². The average Bonchev–Trinajstić information content (AvgIpc) is 2.90. The molecule has 6 heteroatoms. The van der Waals surface area contributed by atoms with Gasteiger partial charge >= 0.3 is 12.0 Å². The highest BCUT2D eigenvalue weighted by Crippen LogP contribution is 2.36. The molecular formula is C15H27N3O3. The highest BCUT2D eigenvalue weighted by molar-refractivity contribution is 5.74. The van der Waals surface area contributed by atoms with Crippen molar-refractivity contribution in [2.45, 2.75) is 39.0 Å². The van der Waals surface area contributed by atoms with Gasteiger partial charge in [0.05, 0.1) is 6.42 Å². The van der Waals surface area contributed by atoms with Crippen molar-refractivity contribution >= 4 is 12.0 Å². The zero-order chi connectivity index (χ0) is 15.3. The average molecular weight is 297 g/mol. The van der Waals surface area contributed by atoms with E-state index >= 15 is 0 Å². The van der Waals surface area contributed by atoms with E-state index in [4.69, 9.17) is 5.11 Å². The van der Waals surface area contributed by atoms with Crippen molar-refractivity contribution < 1.29 is 14.7 Å². The van der Waals surface area contributed by atoms with E-state index in [1.807, 2.05) is 4.90 Å². The number of hydrogen-bond acceptors (Lipinski definition) is 3. The van der Waals surface area contributed by atoms with Gasteiger partial charge in [-0.2, -0.15) is 0 Å². The van der Waals surface area contributed by atoms with Gasteiger partial charge < -0.3 is 15.3 Å². The normalized spacial score (nSPS) is 22.2. The van der Waals surface area contributed by atoms with E-state index in [0.29, 0.717) is 19.6 Å². The fraction of sp³-hybridized carbons (Fsp3) is 0.867. The maximum atomic E-state index is 12.2. The topological polar surface area (TPSA) is 72.9 Å². The molecule has 1 aliphatic carbocycles. The summed E-state index contributed by atoms with van der Waals surface area (Å²) in [6.07, 6.45) is 5.13. The van der Waals surface area contributed by atoms with E-state index in [2.05, 4.69) is 17.1 Å². The maximum Gasteiger partial charge on any atom is 0.317 e. The molecule has 0 spiro atoms. The maximum absolute atomic E-state index is 12.2. The van der Waals surface area contributed by atoms with Crippen LogP contribution < -0.4 is 5.32 Å². The second kappa shape index (κ2) is 7.11. The molecule has 2 N–H and O–H groups in total. The molecule has 2 fully saturated rings. The van der Waals surface area contributed by atoms with Crippen LogP contribution >= 0.6 is 0 Å². The van der Waals surface area contributed by atoms with Gasteiger partial charge in [0.1, 0.15) is 0 Å². The Morgan fingerprint density at radius 2 is 1.76 bits per heavy atom. The Hall–Kier alpha value is -1.30. The van der Waals surface area contributed by atoms with Gasteiger partial charge in [0.25, 0.3) is 0 Å². The summed E-state index contributed by atoms with van der Waals surface area (Å²) >= 11 is 0. The number of rotatable bonds is 5. The predicted molar refractivity (Wildman–Crippen MR) is 80.2 cm³/mol. The second-order valence-electron chi connectivity index (χ2n) is 6.65. The standard InChI is InChI=1S/C15H27N3O3/c1-15(5-2-3-6-15)12-16-14(21)18-10-8-17(9-11-18)7-4-13(19)20/h2-12H2,1H3,(H,16,21)(H,19,20). The Balaban J connectivity index is 1.67. The summed E-state index contributed by atoms with van der Waals surface area (Å²) in [6.45, 7) is 6.48. The third-order valence-corrected chi connectivity index (χ3v) is 4.78. The first-order chi connectivity index (χ1) is 9.98. The highest BCUT2D eigenvalue weighted by Gasteiger charge is 2.30. The lowest BCUT2D eigenvalue weighted by Crippen LogP contribution is -2.53. The Labute approximate surface area is 126 Å². The van der Waals surface area contributed by atoms with Gasteiger partial charge in [-0.1, -0.05) is 19.8 Å². The summed E-state index contributed by atoms with van der Waals surface area (Å²) in [6, 6.07) is 0.0287. The SMILES string of the molecule is CC1(CNC(=O)N2CCN(CCC(=O)O)CC2)CCCC1. The van der Waals surface area contributed by atoms with Gasteiger partial charge in [-0.3, -0.25) is 9.69 Å². The Kier molecular flexibility index (Phi) is 5.45. The highest BCUT2D eigenvalue weighted by atomic mass is 16.4. The number of nitrogens with one attached hydrogen (secondary N) is 1. The Morgan fingerprint density at radius 1 is 1.14 bits per heavy atom. The Morgan fingerprint density at radius 3 is 2.33 bits per heavy atom. The Bertz CT molecular complexity index is 372.